The number of hydrogen-bond acceptors (Lipinski definition) is 6. The Kier molecular flexibility index (Phi) is 6.74. The maximum atomic E-state index is 13.2. The molecule has 3 rings (SSSR count). The molecule has 0 bridgehead atoms. The molecule has 1 atom stereocenters. The number of carbonyl (C=O) groups is 2. The summed E-state index contributed by atoms with van der Waals surface area (Å²) in [4.78, 5) is 53.1. The predicted molar refractivity (Wildman–Crippen MR) is 118 cm³/mol. The van der Waals surface area contributed by atoms with Gasteiger partial charge >= 0.3 is 5.69 Å². The minimum Gasteiger partial charge on any atom is -0.384 e. The lowest BCUT2D eigenvalue weighted by molar-refractivity contribution is -0.130. The lowest BCUT2D eigenvalue weighted by Crippen LogP contribution is -2.58. The van der Waals surface area contributed by atoms with E-state index < -0.39 is 23.1 Å². The van der Waals surface area contributed by atoms with Crippen LogP contribution in [-0.2, 0) is 17.9 Å². The highest BCUT2D eigenvalue weighted by Gasteiger charge is 2.34. The number of nitrogens with zero attached hydrogens (tertiary/aromatic N) is 3. The lowest BCUT2D eigenvalue weighted by atomic mass is 9.99. The number of rotatable bonds is 7. The minimum absolute atomic E-state index is 0.00946. The third-order valence-electron chi connectivity index (χ3n) is 5.58. The maximum absolute atomic E-state index is 13.2. The van der Waals surface area contributed by atoms with E-state index in [0.717, 1.165) is 10.1 Å². The van der Waals surface area contributed by atoms with E-state index in [1.165, 1.54) is 4.57 Å². The molecule has 1 aromatic heterocycles. The Balaban J connectivity index is 2.02. The first-order valence-electron chi connectivity index (χ1n) is 10.5. The quantitative estimate of drug-likeness (QED) is 0.614. The summed E-state index contributed by atoms with van der Waals surface area (Å²) < 4.78 is 2.28. The number of hydrogen-bond donors (Lipinski definition) is 2. The number of amides is 1. The van der Waals surface area contributed by atoms with Gasteiger partial charge in [0.1, 0.15) is 11.4 Å². The van der Waals surface area contributed by atoms with E-state index in [9.17, 15) is 19.2 Å². The van der Waals surface area contributed by atoms with E-state index in [1.54, 1.807) is 11.8 Å². The fraction of sp³-hybridized carbons (Fsp3) is 0.455. The summed E-state index contributed by atoms with van der Waals surface area (Å²) in [7, 11) is 0. The van der Waals surface area contributed by atoms with Crippen molar-refractivity contribution in [3.63, 3.8) is 0 Å². The first-order chi connectivity index (χ1) is 14.8. The van der Waals surface area contributed by atoms with E-state index in [-0.39, 0.29) is 42.8 Å². The van der Waals surface area contributed by atoms with Crippen molar-refractivity contribution in [1.29, 1.82) is 0 Å². The number of ketones is 1. The molecule has 2 heterocycles. The second-order valence-electron chi connectivity index (χ2n) is 8.04. The molecule has 9 heteroatoms. The number of anilines is 1. The van der Waals surface area contributed by atoms with Gasteiger partial charge in [0.05, 0.1) is 19.1 Å². The topological polar surface area (TPSA) is 119 Å². The Hall–Kier alpha value is -3.20. The second-order valence-corrected chi connectivity index (χ2v) is 8.04. The van der Waals surface area contributed by atoms with Crippen LogP contribution in [0.2, 0.25) is 0 Å². The van der Waals surface area contributed by atoms with E-state index in [2.05, 4.69) is 5.32 Å². The van der Waals surface area contributed by atoms with E-state index in [1.807, 2.05) is 44.2 Å². The zero-order valence-electron chi connectivity index (χ0n) is 18.1. The standard InChI is InChI=1S/C22H29N5O4/c1-4-26-21(30)17(16(28)13-25-11-10-24-20(29)18(25)14(2)3)19(23)27(22(26)31)12-15-8-6-5-7-9-15/h5-9,14,18H,4,10-13,23H2,1-3H3,(H,24,29). The molecule has 1 aromatic carbocycles. The third-order valence-corrected chi connectivity index (χ3v) is 5.58. The Morgan fingerprint density at radius 1 is 1.16 bits per heavy atom. The summed E-state index contributed by atoms with van der Waals surface area (Å²) in [6, 6.07) is 8.75. The molecule has 1 aliphatic heterocycles. The van der Waals surface area contributed by atoms with Crippen molar-refractivity contribution in [3.8, 4) is 0 Å². The van der Waals surface area contributed by atoms with Crippen molar-refractivity contribution in [1.82, 2.24) is 19.4 Å². The minimum atomic E-state index is -0.693. The first-order valence-corrected chi connectivity index (χ1v) is 10.5. The van der Waals surface area contributed by atoms with Crippen molar-refractivity contribution in [3.05, 3.63) is 62.3 Å². The number of piperazine rings is 1. The van der Waals surface area contributed by atoms with Gasteiger partial charge in [-0.1, -0.05) is 44.2 Å². The molecule has 1 saturated heterocycles. The van der Waals surface area contributed by atoms with Crippen LogP contribution in [-0.4, -0.2) is 51.4 Å². The lowest BCUT2D eigenvalue weighted by Gasteiger charge is -2.36. The average molecular weight is 428 g/mol. The average Bonchev–Trinajstić information content (AvgIpc) is 2.72. The number of benzene rings is 1. The maximum Gasteiger partial charge on any atom is 0.332 e. The summed E-state index contributed by atoms with van der Waals surface area (Å²) in [5.74, 6) is -0.783. The third kappa shape index (κ3) is 4.46. The molecule has 1 unspecified atom stereocenters. The smallest absolute Gasteiger partial charge is 0.332 e. The highest BCUT2D eigenvalue weighted by molar-refractivity contribution is 6.01. The first kappa shape index (κ1) is 22.5. The fourth-order valence-corrected chi connectivity index (χ4v) is 4.07. The van der Waals surface area contributed by atoms with Crippen LogP contribution in [0, 0.1) is 5.92 Å². The molecule has 31 heavy (non-hydrogen) atoms. The van der Waals surface area contributed by atoms with Crippen molar-refractivity contribution >= 4 is 17.5 Å². The normalized spacial score (nSPS) is 17.0. The zero-order valence-corrected chi connectivity index (χ0v) is 18.1. The molecule has 1 aliphatic rings. The highest BCUT2D eigenvalue weighted by Crippen LogP contribution is 2.16. The largest absolute Gasteiger partial charge is 0.384 e. The van der Waals surface area contributed by atoms with Gasteiger partial charge < -0.3 is 11.1 Å². The van der Waals surface area contributed by atoms with Crippen molar-refractivity contribution < 1.29 is 9.59 Å². The summed E-state index contributed by atoms with van der Waals surface area (Å²) >= 11 is 0. The Bertz CT molecular complexity index is 1090. The summed E-state index contributed by atoms with van der Waals surface area (Å²) in [5.41, 5.74) is 5.59. The molecule has 2 aromatic rings. The van der Waals surface area contributed by atoms with Gasteiger partial charge in [-0.2, -0.15) is 0 Å². The molecular formula is C22H29N5O4. The summed E-state index contributed by atoms with van der Waals surface area (Å²) in [6.07, 6.45) is 0. The van der Waals surface area contributed by atoms with E-state index in [4.69, 9.17) is 5.73 Å². The predicted octanol–water partition coefficient (Wildman–Crippen LogP) is 0.300. The van der Waals surface area contributed by atoms with Gasteiger partial charge in [0.2, 0.25) is 5.91 Å². The Morgan fingerprint density at radius 3 is 2.45 bits per heavy atom. The number of nitrogens with one attached hydrogen (secondary N) is 1. The van der Waals surface area contributed by atoms with Crippen LogP contribution in [0.25, 0.3) is 0 Å². The number of nitrogens with two attached hydrogens (primary N) is 1. The Morgan fingerprint density at radius 2 is 1.84 bits per heavy atom. The molecule has 0 saturated carbocycles. The van der Waals surface area contributed by atoms with Crippen molar-refractivity contribution in [2.24, 2.45) is 5.92 Å². The molecule has 166 valence electrons. The summed E-state index contributed by atoms with van der Waals surface area (Å²) in [5, 5.41) is 2.81. The number of aromatic nitrogens is 2. The second kappa shape index (κ2) is 9.30. The van der Waals surface area contributed by atoms with Gasteiger partial charge in [-0.05, 0) is 18.4 Å². The van der Waals surface area contributed by atoms with Crippen molar-refractivity contribution in [2.75, 3.05) is 25.4 Å². The molecule has 0 aliphatic carbocycles. The molecule has 0 spiro atoms. The van der Waals surface area contributed by atoms with Gasteiger partial charge in [0.25, 0.3) is 5.56 Å². The van der Waals surface area contributed by atoms with Gasteiger partial charge in [-0.25, -0.2) is 4.79 Å². The van der Waals surface area contributed by atoms with E-state index in [0.29, 0.717) is 13.1 Å². The molecule has 9 nitrogen and oxygen atoms in total. The molecule has 3 N–H and O–H groups in total. The molecular weight excluding hydrogens is 398 g/mol. The number of Topliss-reactive ketones (excluding diaryl/α,β-unsaturated/α-hetero) is 1. The number of carbonyl (C=O) groups excluding carboxylic acids is 2. The van der Waals surface area contributed by atoms with Crippen LogP contribution in [0.15, 0.2) is 39.9 Å². The number of nitrogen functional groups attached to an aromatic ring is 1. The molecule has 1 fully saturated rings. The highest BCUT2D eigenvalue weighted by atomic mass is 16.2. The van der Waals surface area contributed by atoms with Crippen molar-refractivity contribution in [2.45, 2.75) is 39.9 Å². The van der Waals surface area contributed by atoms with Crippen LogP contribution in [0.5, 0.6) is 0 Å². The van der Waals surface area contributed by atoms with Crippen LogP contribution < -0.4 is 22.3 Å². The summed E-state index contributed by atoms with van der Waals surface area (Å²) in [6.45, 7) is 6.55. The van der Waals surface area contributed by atoms with Gasteiger partial charge in [-0.3, -0.25) is 28.4 Å². The van der Waals surface area contributed by atoms with Gasteiger partial charge in [0, 0.05) is 19.6 Å². The van der Waals surface area contributed by atoms with Crippen LogP contribution in [0.3, 0.4) is 0 Å². The molecule has 0 radical (unpaired) electrons. The van der Waals surface area contributed by atoms with Gasteiger partial charge in [0.15, 0.2) is 5.78 Å². The Labute approximate surface area is 180 Å². The van der Waals surface area contributed by atoms with Crippen LogP contribution >= 0.6 is 0 Å². The zero-order chi connectivity index (χ0) is 22.7. The monoisotopic (exact) mass is 427 g/mol. The van der Waals surface area contributed by atoms with E-state index >= 15 is 0 Å². The van der Waals surface area contributed by atoms with Crippen LogP contribution in [0.1, 0.15) is 36.7 Å². The SMILES string of the molecule is CCn1c(=O)c(C(=O)CN2CCNC(=O)C2C(C)C)c(N)n(Cc2ccccc2)c1=O. The van der Waals surface area contributed by atoms with Crippen LogP contribution in [0.4, 0.5) is 5.82 Å². The fourth-order valence-electron chi connectivity index (χ4n) is 4.07. The molecule has 1 amide bonds. The van der Waals surface area contributed by atoms with Gasteiger partial charge in [-0.15, -0.1) is 0 Å².